The van der Waals surface area contributed by atoms with Gasteiger partial charge in [0.15, 0.2) is 5.82 Å². The van der Waals surface area contributed by atoms with Crippen molar-refractivity contribution in [3.63, 3.8) is 0 Å². The number of rotatable bonds is 4. The predicted molar refractivity (Wildman–Crippen MR) is 69.9 cm³/mol. The summed E-state index contributed by atoms with van der Waals surface area (Å²) in [4.78, 5) is 11.3. The van der Waals surface area contributed by atoms with E-state index in [-0.39, 0.29) is 0 Å². The highest BCUT2D eigenvalue weighted by Gasteiger charge is 2.20. The number of nitrogens with two attached hydrogens (primary N) is 1. The predicted octanol–water partition coefficient (Wildman–Crippen LogP) is 1.43. The van der Waals surface area contributed by atoms with Crippen molar-refractivity contribution in [3.05, 3.63) is 41.2 Å². The molecule has 0 aliphatic rings. The molecule has 104 valence electrons. The Morgan fingerprint density at radius 1 is 1.58 bits per heavy atom. The van der Waals surface area contributed by atoms with Crippen molar-refractivity contribution in [1.82, 2.24) is 5.32 Å². The Balaban J connectivity index is 3.31. The van der Waals surface area contributed by atoms with Crippen molar-refractivity contribution in [1.29, 1.82) is 0 Å². The van der Waals surface area contributed by atoms with E-state index in [0.717, 1.165) is 12.1 Å². The molecule has 0 saturated carbocycles. The number of sulfonamides is 1. The summed E-state index contributed by atoms with van der Waals surface area (Å²) in [6.07, 6.45) is 1.43. The molecule has 0 fully saturated rings. The van der Waals surface area contributed by atoms with Crippen molar-refractivity contribution in [2.45, 2.75) is 17.9 Å². The lowest BCUT2D eigenvalue weighted by molar-refractivity contribution is 0.0942. The number of primary sulfonamides is 1. The molecule has 0 aliphatic carbocycles. The maximum absolute atomic E-state index is 13.7. The molecule has 0 aliphatic heterocycles. The van der Waals surface area contributed by atoms with Crippen LogP contribution in [0.2, 0.25) is 5.02 Å². The Morgan fingerprint density at radius 3 is 2.63 bits per heavy atom. The van der Waals surface area contributed by atoms with Gasteiger partial charge in [-0.3, -0.25) is 4.79 Å². The number of hydrogen-bond acceptors (Lipinski definition) is 3. The number of amides is 1. The van der Waals surface area contributed by atoms with Crippen LogP contribution in [0.3, 0.4) is 0 Å². The highest BCUT2D eigenvalue weighted by atomic mass is 35.5. The van der Waals surface area contributed by atoms with Gasteiger partial charge in [0.1, 0.15) is 0 Å². The van der Waals surface area contributed by atoms with Crippen LogP contribution in [0.1, 0.15) is 17.3 Å². The SMILES string of the molecule is C=CC(C)NC(=O)c1cc(S(N)(=O)=O)cc(Cl)c1F. The normalized spacial score (nSPS) is 12.8. The van der Waals surface area contributed by atoms with E-state index in [4.69, 9.17) is 16.7 Å². The minimum Gasteiger partial charge on any atom is -0.346 e. The van der Waals surface area contributed by atoms with Gasteiger partial charge in [-0.05, 0) is 19.1 Å². The van der Waals surface area contributed by atoms with E-state index >= 15 is 0 Å². The first-order valence-electron chi connectivity index (χ1n) is 5.12. The molecular weight excluding hydrogens is 295 g/mol. The molecule has 1 unspecified atom stereocenters. The fourth-order valence-electron chi connectivity index (χ4n) is 1.24. The van der Waals surface area contributed by atoms with Crippen LogP contribution in [0, 0.1) is 5.82 Å². The maximum Gasteiger partial charge on any atom is 0.254 e. The van der Waals surface area contributed by atoms with Crippen molar-refractivity contribution in [3.8, 4) is 0 Å². The molecule has 0 bridgehead atoms. The van der Waals surface area contributed by atoms with Gasteiger partial charge in [-0.1, -0.05) is 17.7 Å². The smallest absolute Gasteiger partial charge is 0.254 e. The topological polar surface area (TPSA) is 89.3 Å². The lowest BCUT2D eigenvalue weighted by Crippen LogP contribution is -2.31. The summed E-state index contributed by atoms with van der Waals surface area (Å²) < 4.78 is 36.1. The second-order valence-corrected chi connectivity index (χ2v) is 5.78. The molecule has 19 heavy (non-hydrogen) atoms. The van der Waals surface area contributed by atoms with Gasteiger partial charge in [-0.2, -0.15) is 0 Å². The van der Waals surface area contributed by atoms with Crippen molar-refractivity contribution in [2.24, 2.45) is 5.14 Å². The molecule has 0 saturated heterocycles. The molecule has 1 atom stereocenters. The van der Waals surface area contributed by atoms with Gasteiger partial charge in [0.25, 0.3) is 5.91 Å². The molecular formula is C11H12ClFN2O3S. The number of halogens is 2. The molecule has 0 heterocycles. The molecule has 5 nitrogen and oxygen atoms in total. The highest BCUT2D eigenvalue weighted by molar-refractivity contribution is 7.89. The van der Waals surface area contributed by atoms with Crippen LogP contribution < -0.4 is 10.5 Å². The fraction of sp³-hybridized carbons (Fsp3) is 0.182. The first-order valence-corrected chi connectivity index (χ1v) is 7.04. The van der Waals surface area contributed by atoms with Crippen molar-refractivity contribution in [2.75, 3.05) is 0 Å². The second kappa shape index (κ2) is 5.68. The van der Waals surface area contributed by atoms with E-state index in [1.54, 1.807) is 6.92 Å². The number of carbonyl (C=O) groups is 1. The number of benzene rings is 1. The Morgan fingerprint density at radius 2 is 2.16 bits per heavy atom. The van der Waals surface area contributed by atoms with E-state index in [1.165, 1.54) is 6.08 Å². The zero-order valence-electron chi connectivity index (χ0n) is 9.98. The van der Waals surface area contributed by atoms with Gasteiger partial charge >= 0.3 is 0 Å². The number of nitrogens with one attached hydrogen (secondary N) is 1. The minimum atomic E-state index is -4.08. The minimum absolute atomic E-state index is 0.413. The quantitative estimate of drug-likeness (QED) is 0.825. The Bertz CT molecular complexity index is 631. The summed E-state index contributed by atoms with van der Waals surface area (Å²) in [5.41, 5.74) is -0.495. The van der Waals surface area contributed by atoms with E-state index < -0.39 is 43.3 Å². The Hall–Kier alpha value is -1.44. The van der Waals surface area contributed by atoms with Crippen LogP contribution >= 0.6 is 11.6 Å². The molecule has 0 aromatic heterocycles. The molecule has 0 spiro atoms. The Kier molecular flexibility index (Phi) is 4.67. The number of carbonyl (C=O) groups excluding carboxylic acids is 1. The second-order valence-electron chi connectivity index (χ2n) is 3.81. The van der Waals surface area contributed by atoms with E-state index in [2.05, 4.69) is 11.9 Å². The third-order valence-corrected chi connectivity index (χ3v) is 3.46. The van der Waals surface area contributed by atoms with Gasteiger partial charge in [0.05, 0.1) is 15.5 Å². The zero-order valence-corrected chi connectivity index (χ0v) is 11.6. The molecule has 8 heteroatoms. The first-order chi connectivity index (χ1) is 8.66. The van der Waals surface area contributed by atoms with Crippen LogP contribution in [0.5, 0.6) is 0 Å². The monoisotopic (exact) mass is 306 g/mol. The third-order valence-electron chi connectivity index (χ3n) is 2.29. The van der Waals surface area contributed by atoms with Crippen LogP contribution in [0.25, 0.3) is 0 Å². The zero-order chi connectivity index (χ0) is 14.8. The average molecular weight is 307 g/mol. The summed E-state index contributed by atoms with van der Waals surface area (Å²) in [6.45, 7) is 5.07. The van der Waals surface area contributed by atoms with Crippen molar-refractivity contribution < 1.29 is 17.6 Å². The lowest BCUT2D eigenvalue weighted by atomic mass is 10.2. The molecule has 3 N–H and O–H groups in total. The summed E-state index contributed by atoms with van der Waals surface area (Å²) in [5.74, 6) is -1.82. The molecule has 1 rings (SSSR count). The van der Waals surface area contributed by atoms with Crippen LogP contribution in [0.4, 0.5) is 4.39 Å². The Labute approximate surface area is 115 Å². The summed E-state index contributed by atoms with van der Waals surface area (Å²) >= 11 is 5.54. The average Bonchev–Trinajstić information content (AvgIpc) is 2.30. The van der Waals surface area contributed by atoms with Gasteiger partial charge in [-0.15, -0.1) is 6.58 Å². The van der Waals surface area contributed by atoms with Crippen LogP contribution in [0.15, 0.2) is 29.7 Å². The summed E-state index contributed by atoms with van der Waals surface area (Å²) in [7, 11) is -4.08. The van der Waals surface area contributed by atoms with Crippen LogP contribution in [-0.4, -0.2) is 20.4 Å². The van der Waals surface area contributed by atoms with Gasteiger partial charge < -0.3 is 5.32 Å². The van der Waals surface area contributed by atoms with Gasteiger partial charge in [0, 0.05) is 6.04 Å². The number of hydrogen-bond donors (Lipinski definition) is 2. The molecule has 1 aromatic carbocycles. The lowest BCUT2D eigenvalue weighted by Gasteiger charge is -2.11. The molecule has 1 amide bonds. The summed E-state index contributed by atoms with van der Waals surface area (Å²) in [6, 6.07) is 1.27. The van der Waals surface area contributed by atoms with E-state index in [0.29, 0.717) is 0 Å². The van der Waals surface area contributed by atoms with E-state index in [1.807, 2.05) is 0 Å². The van der Waals surface area contributed by atoms with Gasteiger partial charge in [-0.25, -0.2) is 17.9 Å². The first kappa shape index (κ1) is 15.6. The van der Waals surface area contributed by atoms with E-state index in [9.17, 15) is 17.6 Å². The molecule has 0 radical (unpaired) electrons. The molecule has 1 aromatic rings. The van der Waals surface area contributed by atoms with Crippen LogP contribution in [-0.2, 0) is 10.0 Å². The summed E-state index contributed by atoms with van der Waals surface area (Å²) in [5, 5.41) is 6.82. The fourth-order valence-corrected chi connectivity index (χ4v) is 2.09. The highest BCUT2D eigenvalue weighted by Crippen LogP contribution is 2.23. The standard InChI is InChI=1S/C11H12ClFN2O3S/c1-3-6(2)15-11(16)8-4-7(19(14,17)18)5-9(12)10(8)13/h3-6H,1H2,2H3,(H,15,16)(H2,14,17,18). The van der Waals surface area contributed by atoms with Gasteiger partial charge in [0.2, 0.25) is 10.0 Å². The third kappa shape index (κ3) is 3.76. The largest absolute Gasteiger partial charge is 0.346 e. The van der Waals surface area contributed by atoms with Crippen molar-refractivity contribution >= 4 is 27.5 Å². The maximum atomic E-state index is 13.7.